The Labute approximate surface area is 172 Å². The zero-order chi connectivity index (χ0) is 20.4. The normalized spacial score (nSPS) is 19.0. The van der Waals surface area contributed by atoms with E-state index in [1.807, 2.05) is 12.1 Å². The minimum atomic E-state index is -0.275. The number of rotatable bonds is 3. The van der Waals surface area contributed by atoms with Crippen LogP contribution in [0.15, 0.2) is 52.4 Å². The molecule has 4 rings (SSSR count). The highest BCUT2D eigenvalue weighted by atomic mass is 32.2. The molecule has 0 aromatic heterocycles. The van der Waals surface area contributed by atoms with Crippen molar-refractivity contribution < 1.29 is 23.9 Å². The van der Waals surface area contributed by atoms with Crippen molar-refractivity contribution >= 4 is 34.6 Å². The van der Waals surface area contributed by atoms with Crippen LogP contribution in [0.2, 0.25) is 0 Å². The minimum Gasteiger partial charge on any atom is -0.870 e. The number of aliphatic imine (C=N–C) groups is 1. The summed E-state index contributed by atoms with van der Waals surface area (Å²) in [5.74, 6) is -0.457. The predicted molar refractivity (Wildman–Crippen MR) is 109 cm³/mol. The third kappa shape index (κ3) is 4.28. The molecule has 2 aliphatic rings. The number of thioether (sulfide) groups is 1. The van der Waals surface area contributed by atoms with Gasteiger partial charge in [-0.2, -0.15) is 4.99 Å². The molecule has 0 unspecified atom stereocenters. The number of hydrogen-bond acceptors (Lipinski definition) is 5. The second-order valence-electron chi connectivity index (χ2n) is 6.82. The Bertz CT molecular complexity index is 983. The summed E-state index contributed by atoms with van der Waals surface area (Å²) >= 11 is 1.35. The standard InChI is InChI=1S/C21H20FN3O3S/c1-28-18-12-14(2-7-17(18)26)13-19-20(27)23-21(29-19)25-10-8-24(9-11-25)16-5-3-15(22)4-6-16/h2-7,12-13,26H,8-11H2,1H3/b19-13-. The second kappa shape index (κ2) is 8.26. The fourth-order valence-electron chi connectivity index (χ4n) is 3.40. The van der Waals surface area contributed by atoms with E-state index in [-0.39, 0.29) is 23.2 Å². The lowest BCUT2D eigenvalue weighted by Crippen LogP contribution is -3.10. The van der Waals surface area contributed by atoms with Crippen LogP contribution < -0.4 is 14.7 Å². The van der Waals surface area contributed by atoms with Gasteiger partial charge in [0.25, 0.3) is 5.91 Å². The van der Waals surface area contributed by atoms with Gasteiger partial charge in [-0.25, -0.2) is 4.39 Å². The summed E-state index contributed by atoms with van der Waals surface area (Å²) in [6, 6.07) is 11.3. The molecule has 2 aliphatic heterocycles. The number of hydrogen-bond donors (Lipinski definition) is 1. The van der Waals surface area contributed by atoms with Crippen LogP contribution in [0.4, 0.5) is 10.1 Å². The van der Waals surface area contributed by atoms with E-state index in [2.05, 4.69) is 9.89 Å². The predicted octanol–water partition coefficient (Wildman–Crippen LogP) is 1.41. The smallest absolute Gasteiger partial charge is 0.286 e. The molecule has 150 valence electrons. The van der Waals surface area contributed by atoms with Gasteiger partial charge in [0, 0.05) is 12.1 Å². The first-order valence-electron chi connectivity index (χ1n) is 9.26. The van der Waals surface area contributed by atoms with Crippen molar-refractivity contribution in [3.63, 3.8) is 0 Å². The Morgan fingerprint density at radius 1 is 1.21 bits per heavy atom. The molecule has 0 radical (unpaired) electrons. The van der Waals surface area contributed by atoms with Crippen molar-refractivity contribution in [2.75, 3.05) is 33.3 Å². The molecule has 1 amide bonds. The third-order valence-corrected chi connectivity index (χ3v) is 6.03. The number of quaternary nitrogens is 1. The van der Waals surface area contributed by atoms with Gasteiger partial charge >= 0.3 is 0 Å². The van der Waals surface area contributed by atoms with Gasteiger partial charge < -0.3 is 14.7 Å². The van der Waals surface area contributed by atoms with Crippen molar-refractivity contribution in [2.45, 2.75) is 0 Å². The summed E-state index contributed by atoms with van der Waals surface area (Å²) in [4.78, 5) is 20.5. The van der Waals surface area contributed by atoms with Gasteiger partial charge in [-0.1, -0.05) is 17.9 Å². The van der Waals surface area contributed by atoms with Crippen molar-refractivity contribution in [1.29, 1.82) is 0 Å². The highest BCUT2D eigenvalue weighted by Crippen LogP contribution is 2.32. The molecule has 0 bridgehead atoms. The molecule has 1 fully saturated rings. The van der Waals surface area contributed by atoms with Gasteiger partial charge in [0.05, 0.1) is 38.2 Å². The first kappa shape index (κ1) is 19.5. The lowest BCUT2D eigenvalue weighted by molar-refractivity contribution is -0.837. The van der Waals surface area contributed by atoms with E-state index in [1.165, 1.54) is 42.0 Å². The molecule has 0 spiro atoms. The van der Waals surface area contributed by atoms with Crippen molar-refractivity contribution in [2.24, 2.45) is 4.99 Å². The van der Waals surface area contributed by atoms with Crippen LogP contribution >= 0.6 is 11.8 Å². The molecule has 0 aliphatic carbocycles. The summed E-state index contributed by atoms with van der Waals surface area (Å²) in [6.45, 7) is 3.22. The van der Waals surface area contributed by atoms with Crippen LogP contribution in [-0.2, 0) is 4.79 Å². The molecule has 1 N–H and O–H groups in total. The van der Waals surface area contributed by atoms with Crippen LogP contribution in [0, 0.1) is 5.82 Å². The SMILES string of the molecule is COc1cc(/C=C2\SC(N3CC[NH+](c4ccc(F)cc4)CC3)=NC2=O)ccc1[O-]. The molecular formula is C21H20FN3O3S. The van der Waals surface area contributed by atoms with Crippen LogP contribution in [-0.4, -0.2) is 49.3 Å². The number of amidine groups is 1. The molecule has 0 atom stereocenters. The fraction of sp³-hybridized carbons (Fsp3) is 0.238. The van der Waals surface area contributed by atoms with Gasteiger partial charge in [-0.3, -0.25) is 9.69 Å². The van der Waals surface area contributed by atoms with Crippen LogP contribution in [0.3, 0.4) is 0 Å². The Morgan fingerprint density at radius 3 is 2.62 bits per heavy atom. The number of nitrogens with zero attached hydrogens (tertiary/aromatic N) is 2. The molecular weight excluding hydrogens is 393 g/mol. The summed E-state index contributed by atoms with van der Waals surface area (Å²) in [5.41, 5.74) is 1.79. The number of halogens is 1. The molecule has 6 nitrogen and oxygen atoms in total. The molecule has 8 heteroatoms. The third-order valence-electron chi connectivity index (χ3n) is 4.98. The van der Waals surface area contributed by atoms with Crippen LogP contribution in [0.1, 0.15) is 5.56 Å². The van der Waals surface area contributed by atoms with Gasteiger partial charge in [-0.05, 0) is 41.6 Å². The topological polar surface area (TPSA) is 69.4 Å². The Balaban J connectivity index is 1.41. The maximum atomic E-state index is 13.1. The van der Waals surface area contributed by atoms with Gasteiger partial charge in [0.1, 0.15) is 17.3 Å². The molecule has 2 heterocycles. The number of benzene rings is 2. The van der Waals surface area contributed by atoms with E-state index in [9.17, 15) is 14.3 Å². The average Bonchev–Trinajstić information content (AvgIpc) is 3.10. The number of ether oxygens (including phenoxy) is 1. The van der Waals surface area contributed by atoms with E-state index in [1.54, 1.807) is 18.2 Å². The first-order chi connectivity index (χ1) is 14.0. The number of amides is 1. The van der Waals surface area contributed by atoms with E-state index in [0.717, 1.165) is 37.4 Å². The van der Waals surface area contributed by atoms with Crippen molar-refractivity contribution in [1.82, 2.24) is 4.90 Å². The number of methoxy groups -OCH3 is 1. The number of nitrogens with one attached hydrogen (secondary N) is 1. The molecule has 2 aromatic carbocycles. The molecule has 29 heavy (non-hydrogen) atoms. The monoisotopic (exact) mass is 413 g/mol. The largest absolute Gasteiger partial charge is 0.870 e. The zero-order valence-electron chi connectivity index (χ0n) is 15.9. The number of carbonyl (C=O) groups is 1. The van der Waals surface area contributed by atoms with Gasteiger partial charge in [0.15, 0.2) is 5.17 Å². The Hall–Kier alpha value is -2.84. The Morgan fingerprint density at radius 2 is 1.93 bits per heavy atom. The minimum absolute atomic E-state index is 0.196. The summed E-state index contributed by atoms with van der Waals surface area (Å²) < 4.78 is 18.2. The highest BCUT2D eigenvalue weighted by Gasteiger charge is 2.30. The summed E-state index contributed by atoms with van der Waals surface area (Å²) in [6.07, 6.45) is 1.73. The quantitative estimate of drug-likeness (QED) is 0.771. The van der Waals surface area contributed by atoms with E-state index in [4.69, 9.17) is 4.74 Å². The average molecular weight is 413 g/mol. The van der Waals surface area contributed by atoms with E-state index < -0.39 is 0 Å². The maximum Gasteiger partial charge on any atom is 0.286 e. The lowest BCUT2D eigenvalue weighted by Gasteiger charge is -2.32. The number of piperazine rings is 1. The van der Waals surface area contributed by atoms with E-state index >= 15 is 0 Å². The number of carbonyl (C=O) groups excluding carboxylic acids is 1. The van der Waals surface area contributed by atoms with Crippen molar-refractivity contribution in [3.8, 4) is 11.5 Å². The molecule has 1 saturated heterocycles. The van der Waals surface area contributed by atoms with Crippen molar-refractivity contribution in [3.05, 3.63) is 58.8 Å². The van der Waals surface area contributed by atoms with Gasteiger partial charge in [0.2, 0.25) is 0 Å². The highest BCUT2D eigenvalue weighted by molar-refractivity contribution is 8.18. The summed E-state index contributed by atoms with van der Waals surface area (Å²) in [5, 5.41) is 12.3. The second-order valence-corrected chi connectivity index (χ2v) is 7.83. The molecule has 2 aromatic rings. The molecule has 0 saturated carbocycles. The van der Waals surface area contributed by atoms with E-state index in [0.29, 0.717) is 10.1 Å². The first-order valence-corrected chi connectivity index (χ1v) is 10.1. The van der Waals surface area contributed by atoms with Crippen LogP contribution in [0.25, 0.3) is 6.08 Å². The summed E-state index contributed by atoms with van der Waals surface area (Å²) in [7, 11) is 1.44. The fourth-order valence-corrected chi connectivity index (χ4v) is 4.37. The van der Waals surface area contributed by atoms with Gasteiger partial charge in [-0.15, -0.1) is 0 Å². The maximum absolute atomic E-state index is 13.1. The zero-order valence-corrected chi connectivity index (χ0v) is 16.7. The van der Waals surface area contributed by atoms with Crippen LogP contribution in [0.5, 0.6) is 11.5 Å². The lowest BCUT2D eigenvalue weighted by atomic mass is 10.2. The Kier molecular flexibility index (Phi) is 5.55.